The Morgan fingerprint density at radius 2 is 2.18 bits per heavy atom. The minimum Gasteiger partial charge on any atom is -0.497 e. The average molecular weight is 294 g/mol. The second kappa shape index (κ2) is 5.14. The molecule has 5 heteroatoms. The lowest BCUT2D eigenvalue weighted by Crippen LogP contribution is -1.97. The van der Waals surface area contributed by atoms with Crippen LogP contribution in [0.25, 0.3) is 11.4 Å². The SMILES string of the molecule is CNc1nc(-c2cccc(OC)c2)ncc1Br. The van der Waals surface area contributed by atoms with Crippen molar-refractivity contribution in [2.45, 2.75) is 0 Å². The van der Waals surface area contributed by atoms with Crippen molar-refractivity contribution in [1.29, 1.82) is 0 Å². The van der Waals surface area contributed by atoms with E-state index in [1.807, 2.05) is 31.3 Å². The zero-order chi connectivity index (χ0) is 12.3. The maximum absolute atomic E-state index is 5.18. The fraction of sp³-hybridized carbons (Fsp3) is 0.167. The highest BCUT2D eigenvalue weighted by Crippen LogP contribution is 2.24. The van der Waals surface area contributed by atoms with Crippen molar-refractivity contribution >= 4 is 21.7 Å². The molecule has 2 aromatic rings. The maximum Gasteiger partial charge on any atom is 0.161 e. The van der Waals surface area contributed by atoms with Gasteiger partial charge in [-0.05, 0) is 28.1 Å². The minimum atomic E-state index is 0.663. The van der Waals surface area contributed by atoms with Crippen LogP contribution in [0.5, 0.6) is 5.75 Å². The van der Waals surface area contributed by atoms with E-state index in [9.17, 15) is 0 Å². The summed E-state index contributed by atoms with van der Waals surface area (Å²) in [5.74, 6) is 2.22. The van der Waals surface area contributed by atoms with E-state index in [2.05, 4.69) is 31.2 Å². The van der Waals surface area contributed by atoms with Crippen molar-refractivity contribution < 1.29 is 4.74 Å². The van der Waals surface area contributed by atoms with Gasteiger partial charge in [0.15, 0.2) is 5.82 Å². The van der Waals surface area contributed by atoms with Crippen molar-refractivity contribution in [2.24, 2.45) is 0 Å². The molecule has 0 radical (unpaired) electrons. The van der Waals surface area contributed by atoms with E-state index in [0.29, 0.717) is 5.82 Å². The quantitative estimate of drug-likeness (QED) is 0.945. The lowest BCUT2D eigenvalue weighted by Gasteiger charge is -2.06. The molecular weight excluding hydrogens is 282 g/mol. The van der Waals surface area contributed by atoms with E-state index in [-0.39, 0.29) is 0 Å². The van der Waals surface area contributed by atoms with Crippen LogP contribution in [0.4, 0.5) is 5.82 Å². The Bertz CT molecular complexity index is 531. The number of methoxy groups -OCH3 is 1. The van der Waals surface area contributed by atoms with Crippen molar-refractivity contribution in [3.63, 3.8) is 0 Å². The molecule has 1 aromatic carbocycles. The second-order valence-corrected chi connectivity index (χ2v) is 4.23. The Hall–Kier alpha value is -1.62. The molecule has 0 unspecified atom stereocenters. The first-order valence-electron chi connectivity index (χ1n) is 5.09. The molecule has 1 aromatic heterocycles. The number of aromatic nitrogens is 2. The number of nitrogens with zero attached hydrogens (tertiary/aromatic N) is 2. The van der Waals surface area contributed by atoms with Crippen molar-refractivity contribution in [2.75, 3.05) is 19.5 Å². The molecule has 17 heavy (non-hydrogen) atoms. The summed E-state index contributed by atoms with van der Waals surface area (Å²) in [4.78, 5) is 8.69. The summed E-state index contributed by atoms with van der Waals surface area (Å²) >= 11 is 3.38. The first kappa shape index (κ1) is 11.9. The van der Waals surface area contributed by atoms with Gasteiger partial charge in [-0.1, -0.05) is 12.1 Å². The van der Waals surface area contributed by atoms with Crippen LogP contribution < -0.4 is 10.1 Å². The van der Waals surface area contributed by atoms with Crippen LogP contribution in [0.3, 0.4) is 0 Å². The molecule has 0 saturated carbocycles. The highest BCUT2D eigenvalue weighted by molar-refractivity contribution is 9.10. The molecule has 0 saturated heterocycles. The van der Waals surface area contributed by atoms with Crippen LogP contribution in [-0.2, 0) is 0 Å². The molecule has 0 spiro atoms. The molecule has 1 heterocycles. The van der Waals surface area contributed by atoms with Gasteiger partial charge in [-0.25, -0.2) is 9.97 Å². The molecule has 0 aliphatic carbocycles. The first-order chi connectivity index (χ1) is 8.24. The topological polar surface area (TPSA) is 47.0 Å². The Labute approximate surface area is 108 Å². The highest BCUT2D eigenvalue weighted by atomic mass is 79.9. The van der Waals surface area contributed by atoms with Gasteiger partial charge in [0.05, 0.1) is 11.6 Å². The van der Waals surface area contributed by atoms with E-state index < -0.39 is 0 Å². The van der Waals surface area contributed by atoms with Gasteiger partial charge in [-0.15, -0.1) is 0 Å². The molecule has 0 amide bonds. The minimum absolute atomic E-state index is 0.663. The summed E-state index contributed by atoms with van der Waals surface area (Å²) in [6.45, 7) is 0. The molecule has 0 bridgehead atoms. The fourth-order valence-electron chi connectivity index (χ4n) is 1.44. The number of hydrogen-bond acceptors (Lipinski definition) is 4. The van der Waals surface area contributed by atoms with E-state index in [0.717, 1.165) is 21.6 Å². The summed E-state index contributed by atoms with van der Waals surface area (Å²) in [5, 5.41) is 3.00. The number of halogens is 1. The summed E-state index contributed by atoms with van der Waals surface area (Å²) in [6.07, 6.45) is 1.73. The van der Waals surface area contributed by atoms with Crippen molar-refractivity contribution in [3.8, 4) is 17.1 Å². The van der Waals surface area contributed by atoms with Crippen molar-refractivity contribution in [1.82, 2.24) is 9.97 Å². The van der Waals surface area contributed by atoms with E-state index in [1.165, 1.54) is 0 Å². The summed E-state index contributed by atoms with van der Waals surface area (Å²) < 4.78 is 6.02. The third-order valence-electron chi connectivity index (χ3n) is 2.31. The normalized spacial score (nSPS) is 10.1. The largest absolute Gasteiger partial charge is 0.497 e. The molecule has 0 aliphatic heterocycles. The Morgan fingerprint density at radius 3 is 2.88 bits per heavy atom. The monoisotopic (exact) mass is 293 g/mol. The number of hydrogen-bond donors (Lipinski definition) is 1. The zero-order valence-corrected chi connectivity index (χ0v) is 11.2. The summed E-state index contributed by atoms with van der Waals surface area (Å²) in [6, 6.07) is 7.66. The predicted octanol–water partition coefficient (Wildman–Crippen LogP) is 2.96. The summed E-state index contributed by atoms with van der Waals surface area (Å²) in [5.41, 5.74) is 0.924. The van der Waals surface area contributed by atoms with Gasteiger partial charge in [0.2, 0.25) is 0 Å². The third kappa shape index (κ3) is 2.55. The molecule has 0 atom stereocenters. The Balaban J connectivity index is 2.45. The zero-order valence-electron chi connectivity index (χ0n) is 9.57. The second-order valence-electron chi connectivity index (χ2n) is 3.37. The van der Waals surface area contributed by atoms with E-state index in [1.54, 1.807) is 13.3 Å². The number of rotatable bonds is 3. The van der Waals surface area contributed by atoms with E-state index >= 15 is 0 Å². The lowest BCUT2D eigenvalue weighted by molar-refractivity contribution is 0.415. The number of nitrogens with one attached hydrogen (secondary N) is 1. The highest BCUT2D eigenvalue weighted by Gasteiger charge is 2.06. The molecule has 0 fully saturated rings. The van der Waals surface area contributed by atoms with Crippen LogP contribution in [0, 0.1) is 0 Å². The summed E-state index contributed by atoms with van der Waals surface area (Å²) in [7, 11) is 3.46. The van der Waals surface area contributed by atoms with Gasteiger partial charge < -0.3 is 10.1 Å². The molecule has 1 N–H and O–H groups in total. The Morgan fingerprint density at radius 1 is 1.35 bits per heavy atom. The number of anilines is 1. The fourth-order valence-corrected chi connectivity index (χ4v) is 1.83. The number of benzene rings is 1. The lowest BCUT2D eigenvalue weighted by atomic mass is 10.2. The van der Waals surface area contributed by atoms with Gasteiger partial charge in [0, 0.05) is 18.8 Å². The van der Waals surface area contributed by atoms with Crippen LogP contribution in [0.1, 0.15) is 0 Å². The third-order valence-corrected chi connectivity index (χ3v) is 2.89. The van der Waals surface area contributed by atoms with Gasteiger partial charge in [0.1, 0.15) is 11.6 Å². The van der Waals surface area contributed by atoms with Gasteiger partial charge in [0.25, 0.3) is 0 Å². The van der Waals surface area contributed by atoms with Gasteiger partial charge in [-0.2, -0.15) is 0 Å². The molecule has 2 rings (SSSR count). The van der Waals surface area contributed by atoms with Gasteiger partial charge >= 0.3 is 0 Å². The standard InChI is InChI=1S/C12H12BrN3O/c1-14-12-10(13)7-15-11(16-12)8-4-3-5-9(6-8)17-2/h3-7H,1-2H3,(H,14,15,16). The molecule has 88 valence electrons. The van der Waals surface area contributed by atoms with Gasteiger partial charge in [-0.3, -0.25) is 0 Å². The predicted molar refractivity (Wildman–Crippen MR) is 71.3 cm³/mol. The van der Waals surface area contributed by atoms with Crippen LogP contribution >= 0.6 is 15.9 Å². The smallest absolute Gasteiger partial charge is 0.161 e. The first-order valence-corrected chi connectivity index (χ1v) is 5.88. The van der Waals surface area contributed by atoms with Crippen LogP contribution in [-0.4, -0.2) is 24.1 Å². The van der Waals surface area contributed by atoms with Crippen molar-refractivity contribution in [3.05, 3.63) is 34.9 Å². The van der Waals surface area contributed by atoms with E-state index in [4.69, 9.17) is 4.74 Å². The maximum atomic E-state index is 5.18. The Kier molecular flexibility index (Phi) is 3.58. The molecule has 4 nitrogen and oxygen atoms in total. The van der Waals surface area contributed by atoms with Crippen LogP contribution in [0.2, 0.25) is 0 Å². The number of ether oxygens (including phenoxy) is 1. The molecule has 0 aliphatic rings. The molecular formula is C12H12BrN3O. The average Bonchev–Trinajstić information content (AvgIpc) is 2.39. The van der Waals surface area contributed by atoms with Crippen LogP contribution in [0.15, 0.2) is 34.9 Å².